The van der Waals surface area contributed by atoms with Gasteiger partial charge in [0.1, 0.15) is 5.76 Å². The van der Waals surface area contributed by atoms with Crippen molar-refractivity contribution in [3.05, 3.63) is 53.2 Å². The SMILES string of the molecule is Cc1cccc(CS(=O)(=O)NCCc2ncc(C)o2)c1. The van der Waals surface area contributed by atoms with Crippen LogP contribution >= 0.6 is 0 Å². The molecule has 1 aromatic heterocycles. The third-order valence-corrected chi connectivity index (χ3v) is 4.13. The summed E-state index contributed by atoms with van der Waals surface area (Å²) in [6.45, 7) is 4.03. The molecule has 108 valence electrons. The van der Waals surface area contributed by atoms with Gasteiger partial charge in [0.2, 0.25) is 10.0 Å². The summed E-state index contributed by atoms with van der Waals surface area (Å²) in [5.41, 5.74) is 1.83. The topological polar surface area (TPSA) is 72.2 Å². The van der Waals surface area contributed by atoms with Crippen LogP contribution < -0.4 is 4.72 Å². The molecule has 0 atom stereocenters. The minimum atomic E-state index is -3.33. The minimum Gasteiger partial charge on any atom is -0.446 e. The Bertz CT molecular complexity index is 677. The van der Waals surface area contributed by atoms with Gasteiger partial charge < -0.3 is 4.42 Å². The normalized spacial score (nSPS) is 11.7. The van der Waals surface area contributed by atoms with E-state index in [-0.39, 0.29) is 12.3 Å². The van der Waals surface area contributed by atoms with Gasteiger partial charge in [-0.15, -0.1) is 0 Å². The number of aryl methyl sites for hydroxylation is 2. The van der Waals surface area contributed by atoms with Gasteiger partial charge in [-0.05, 0) is 19.4 Å². The molecule has 5 nitrogen and oxygen atoms in total. The number of nitrogens with one attached hydrogen (secondary N) is 1. The fourth-order valence-corrected chi connectivity index (χ4v) is 3.04. The highest BCUT2D eigenvalue weighted by atomic mass is 32.2. The van der Waals surface area contributed by atoms with Crippen molar-refractivity contribution < 1.29 is 12.8 Å². The van der Waals surface area contributed by atoms with Gasteiger partial charge in [0.15, 0.2) is 5.89 Å². The van der Waals surface area contributed by atoms with E-state index in [4.69, 9.17) is 4.42 Å². The van der Waals surface area contributed by atoms with E-state index in [9.17, 15) is 8.42 Å². The summed E-state index contributed by atoms with van der Waals surface area (Å²) in [7, 11) is -3.33. The molecule has 0 saturated heterocycles. The summed E-state index contributed by atoms with van der Waals surface area (Å²) in [6, 6.07) is 7.48. The smallest absolute Gasteiger partial charge is 0.215 e. The van der Waals surface area contributed by atoms with Crippen LogP contribution in [0.15, 0.2) is 34.9 Å². The quantitative estimate of drug-likeness (QED) is 0.884. The van der Waals surface area contributed by atoms with Gasteiger partial charge in [0.25, 0.3) is 0 Å². The molecule has 0 aliphatic carbocycles. The number of sulfonamides is 1. The van der Waals surface area contributed by atoms with E-state index in [0.717, 1.165) is 16.9 Å². The van der Waals surface area contributed by atoms with E-state index in [1.54, 1.807) is 13.1 Å². The molecule has 20 heavy (non-hydrogen) atoms. The molecule has 2 rings (SSSR count). The molecule has 1 aromatic carbocycles. The molecular weight excluding hydrogens is 276 g/mol. The van der Waals surface area contributed by atoms with Gasteiger partial charge >= 0.3 is 0 Å². The number of nitrogens with zero attached hydrogens (tertiary/aromatic N) is 1. The Morgan fingerprint density at radius 2 is 2.10 bits per heavy atom. The van der Waals surface area contributed by atoms with Crippen molar-refractivity contribution in [1.29, 1.82) is 0 Å². The monoisotopic (exact) mass is 294 g/mol. The van der Waals surface area contributed by atoms with Crippen LogP contribution in [0.25, 0.3) is 0 Å². The lowest BCUT2D eigenvalue weighted by molar-refractivity contribution is 0.469. The molecule has 0 radical (unpaired) electrons. The number of hydrogen-bond acceptors (Lipinski definition) is 4. The summed E-state index contributed by atoms with van der Waals surface area (Å²) in [6.07, 6.45) is 2.07. The Labute approximate surface area is 119 Å². The zero-order valence-corrected chi connectivity index (χ0v) is 12.4. The maximum atomic E-state index is 11.9. The summed E-state index contributed by atoms with van der Waals surface area (Å²) in [5, 5.41) is 0. The molecule has 0 bridgehead atoms. The highest BCUT2D eigenvalue weighted by molar-refractivity contribution is 7.88. The molecule has 2 aromatic rings. The third-order valence-electron chi connectivity index (χ3n) is 2.77. The molecule has 0 amide bonds. The zero-order chi connectivity index (χ0) is 14.6. The summed E-state index contributed by atoms with van der Waals surface area (Å²) >= 11 is 0. The molecule has 0 unspecified atom stereocenters. The number of rotatable bonds is 6. The van der Waals surface area contributed by atoms with Crippen LogP contribution in [0.3, 0.4) is 0 Å². The molecule has 6 heteroatoms. The molecule has 0 aliphatic rings. The first-order valence-corrected chi connectivity index (χ1v) is 8.04. The number of aromatic nitrogens is 1. The Kier molecular flexibility index (Phi) is 4.57. The van der Waals surface area contributed by atoms with Crippen molar-refractivity contribution in [2.75, 3.05) is 6.54 Å². The molecule has 0 fully saturated rings. The number of benzene rings is 1. The van der Waals surface area contributed by atoms with Crippen LogP contribution in [0.1, 0.15) is 22.8 Å². The Balaban J connectivity index is 1.88. The van der Waals surface area contributed by atoms with Crippen LogP contribution in [0.2, 0.25) is 0 Å². The lowest BCUT2D eigenvalue weighted by Gasteiger charge is -2.06. The van der Waals surface area contributed by atoms with Crippen LogP contribution in [0.4, 0.5) is 0 Å². The molecule has 1 N–H and O–H groups in total. The second kappa shape index (κ2) is 6.19. The number of hydrogen-bond donors (Lipinski definition) is 1. The van der Waals surface area contributed by atoms with Crippen molar-refractivity contribution in [3.8, 4) is 0 Å². The Hall–Kier alpha value is -1.66. The van der Waals surface area contributed by atoms with Crippen LogP contribution in [-0.4, -0.2) is 19.9 Å². The van der Waals surface area contributed by atoms with E-state index < -0.39 is 10.0 Å². The molecule has 0 saturated carbocycles. The van der Waals surface area contributed by atoms with Crippen molar-refractivity contribution >= 4 is 10.0 Å². The lowest BCUT2D eigenvalue weighted by atomic mass is 10.2. The second-order valence-corrected chi connectivity index (χ2v) is 6.56. The first-order valence-electron chi connectivity index (χ1n) is 6.39. The first-order chi connectivity index (χ1) is 9.44. The number of oxazole rings is 1. The van der Waals surface area contributed by atoms with Crippen LogP contribution in [0.5, 0.6) is 0 Å². The predicted molar refractivity (Wildman–Crippen MR) is 76.7 cm³/mol. The van der Waals surface area contributed by atoms with Gasteiger partial charge in [-0.3, -0.25) is 0 Å². The lowest BCUT2D eigenvalue weighted by Crippen LogP contribution is -2.27. The van der Waals surface area contributed by atoms with E-state index in [2.05, 4.69) is 9.71 Å². The van der Waals surface area contributed by atoms with Gasteiger partial charge in [0, 0.05) is 13.0 Å². The largest absolute Gasteiger partial charge is 0.446 e. The van der Waals surface area contributed by atoms with Crippen molar-refractivity contribution in [2.45, 2.75) is 26.0 Å². The maximum absolute atomic E-state index is 11.9. The average Bonchev–Trinajstić information content (AvgIpc) is 2.74. The van der Waals surface area contributed by atoms with E-state index in [1.165, 1.54) is 0 Å². The molecule has 1 heterocycles. The van der Waals surface area contributed by atoms with Gasteiger partial charge in [-0.1, -0.05) is 29.8 Å². The summed E-state index contributed by atoms with van der Waals surface area (Å²) < 4.78 is 31.7. The first kappa shape index (κ1) is 14.7. The fourth-order valence-electron chi connectivity index (χ4n) is 1.90. The van der Waals surface area contributed by atoms with Gasteiger partial charge in [0.05, 0.1) is 11.9 Å². The molecule has 0 spiro atoms. The molecule has 0 aliphatic heterocycles. The predicted octanol–water partition coefficient (Wildman–Crippen LogP) is 1.95. The van der Waals surface area contributed by atoms with Crippen LogP contribution in [-0.2, 0) is 22.2 Å². The van der Waals surface area contributed by atoms with Gasteiger partial charge in [-0.25, -0.2) is 18.1 Å². The van der Waals surface area contributed by atoms with E-state index in [1.807, 2.05) is 31.2 Å². The van der Waals surface area contributed by atoms with Crippen molar-refractivity contribution in [3.63, 3.8) is 0 Å². The summed E-state index contributed by atoms with van der Waals surface area (Å²) in [4.78, 5) is 4.03. The Morgan fingerprint density at radius 1 is 1.30 bits per heavy atom. The van der Waals surface area contributed by atoms with E-state index >= 15 is 0 Å². The minimum absolute atomic E-state index is 0.0146. The zero-order valence-electron chi connectivity index (χ0n) is 11.6. The molecular formula is C14H18N2O3S. The third kappa shape index (κ3) is 4.47. The fraction of sp³-hybridized carbons (Fsp3) is 0.357. The second-order valence-electron chi connectivity index (χ2n) is 4.76. The maximum Gasteiger partial charge on any atom is 0.215 e. The van der Waals surface area contributed by atoms with Crippen molar-refractivity contribution in [2.24, 2.45) is 0 Å². The highest BCUT2D eigenvalue weighted by Gasteiger charge is 2.11. The Morgan fingerprint density at radius 3 is 2.75 bits per heavy atom. The standard InChI is InChI=1S/C14H18N2O3S/c1-11-4-3-5-13(8-11)10-20(17,18)16-7-6-14-15-9-12(2)19-14/h3-5,8-9,16H,6-7,10H2,1-2H3. The van der Waals surface area contributed by atoms with E-state index in [0.29, 0.717) is 12.3 Å². The van der Waals surface area contributed by atoms with Gasteiger partial charge in [-0.2, -0.15) is 0 Å². The van der Waals surface area contributed by atoms with Crippen LogP contribution in [0, 0.1) is 13.8 Å². The van der Waals surface area contributed by atoms with Crippen molar-refractivity contribution in [1.82, 2.24) is 9.71 Å². The highest BCUT2D eigenvalue weighted by Crippen LogP contribution is 2.08. The average molecular weight is 294 g/mol. The summed E-state index contributed by atoms with van der Waals surface area (Å²) in [5.74, 6) is 1.25.